The van der Waals surface area contributed by atoms with E-state index in [0.29, 0.717) is 11.8 Å². The van der Waals surface area contributed by atoms with Crippen LogP contribution in [0.25, 0.3) is 0 Å². The second-order valence-corrected chi connectivity index (χ2v) is 5.71. The maximum absolute atomic E-state index is 12.2. The minimum Gasteiger partial charge on any atom is -0.326 e. The third kappa shape index (κ3) is 2.57. The molecule has 92 valence electrons. The minimum absolute atomic E-state index is 0.0729. The first kappa shape index (κ1) is 11.9. The maximum atomic E-state index is 12.2. The molecule has 16 heavy (non-hydrogen) atoms. The second-order valence-electron chi connectivity index (χ2n) is 5.71. The number of carbonyl (C=O) groups excluding carboxylic acids is 1. The third-order valence-corrected chi connectivity index (χ3v) is 3.60. The van der Waals surface area contributed by atoms with Crippen LogP contribution in [0.1, 0.15) is 46.5 Å². The van der Waals surface area contributed by atoms with Gasteiger partial charge >= 0.3 is 0 Å². The molecule has 2 aliphatic rings. The number of nitrogens with zero attached hydrogens (tertiary/aromatic N) is 1. The molecule has 1 saturated heterocycles. The van der Waals surface area contributed by atoms with Gasteiger partial charge in [0.15, 0.2) is 0 Å². The summed E-state index contributed by atoms with van der Waals surface area (Å²) in [6, 6.07) is 0.0729. The van der Waals surface area contributed by atoms with Crippen LogP contribution in [-0.4, -0.2) is 29.6 Å². The van der Waals surface area contributed by atoms with Crippen LogP contribution in [0.15, 0.2) is 0 Å². The monoisotopic (exact) mass is 224 g/mol. The number of rotatable bonds is 5. The quantitative estimate of drug-likeness (QED) is 0.774. The van der Waals surface area contributed by atoms with Gasteiger partial charge in [0.1, 0.15) is 0 Å². The summed E-state index contributed by atoms with van der Waals surface area (Å²) in [5, 5.41) is 3.48. The zero-order valence-corrected chi connectivity index (χ0v) is 10.7. The van der Waals surface area contributed by atoms with Gasteiger partial charge in [0.2, 0.25) is 5.91 Å². The number of hydrogen-bond acceptors (Lipinski definition) is 2. The van der Waals surface area contributed by atoms with Crippen LogP contribution in [0.2, 0.25) is 0 Å². The second kappa shape index (κ2) is 4.74. The fourth-order valence-electron chi connectivity index (χ4n) is 2.52. The van der Waals surface area contributed by atoms with Gasteiger partial charge in [0.25, 0.3) is 0 Å². The van der Waals surface area contributed by atoms with Crippen molar-refractivity contribution in [1.29, 1.82) is 0 Å². The van der Waals surface area contributed by atoms with Crippen LogP contribution in [0.3, 0.4) is 0 Å². The first-order valence-electron chi connectivity index (χ1n) is 6.68. The molecule has 2 atom stereocenters. The van der Waals surface area contributed by atoms with Gasteiger partial charge in [-0.2, -0.15) is 0 Å². The van der Waals surface area contributed by atoms with Crippen LogP contribution in [0.4, 0.5) is 0 Å². The van der Waals surface area contributed by atoms with Crippen molar-refractivity contribution >= 4 is 5.91 Å². The Bertz CT molecular complexity index is 261. The molecular weight excluding hydrogens is 200 g/mol. The number of amides is 1. The van der Waals surface area contributed by atoms with Gasteiger partial charge in [-0.3, -0.25) is 10.1 Å². The smallest absolute Gasteiger partial charge is 0.241 e. The van der Waals surface area contributed by atoms with E-state index in [9.17, 15) is 4.79 Å². The minimum atomic E-state index is 0.0729. The molecule has 1 amide bonds. The van der Waals surface area contributed by atoms with Crippen LogP contribution in [0, 0.1) is 11.8 Å². The summed E-state index contributed by atoms with van der Waals surface area (Å²) in [5.74, 6) is 1.71. The van der Waals surface area contributed by atoms with Crippen molar-refractivity contribution in [2.75, 3.05) is 6.54 Å². The van der Waals surface area contributed by atoms with Crippen molar-refractivity contribution in [2.24, 2.45) is 11.8 Å². The molecule has 0 aromatic rings. The molecule has 1 heterocycles. The number of nitrogens with one attached hydrogen (secondary N) is 1. The molecule has 2 rings (SSSR count). The van der Waals surface area contributed by atoms with Crippen LogP contribution in [0.5, 0.6) is 0 Å². The summed E-state index contributed by atoms with van der Waals surface area (Å²) in [4.78, 5) is 14.3. The van der Waals surface area contributed by atoms with Gasteiger partial charge in [-0.05, 0) is 37.5 Å². The van der Waals surface area contributed by atoms with Crippen LogP contribution in [-0.2, 0) is 4.79 Å². The predicted octanol–water partition coefficient (Wildman–Crippen LogP) is 1.98. The van der Waals surface area contributed by atoms with E-state index in [4.69, 9.17) is 0 Å². The highest BCUT2D eigenvalue weighted by Gasteiger charge is 2.40. The van der Waals surface area contributed by atoms with Crippen molar-refractivity contribution in [1.82, 2.24) is 10.2 Å². The first-order valence-corrected chi connectivity index (χ1v) is 6.68. The van der Waals surface area contributed by atoms with E-state index < -0.39 is 0 Å². The zero-order chi connectivity index (χ0) is 11.7. The summed E-state index contributed by atoms with van der Waals surface area (Å²) in [5.41, 5.74) is 0. The Morgan fingerprint density at radius 1 is 1.44 bits per heavy atom. The number of hydrogen-bond donors (Lipinski definition) is 1. The van der Waals surface area contributed by atoms with Crippen molar-refractivity contribution in [3.05, 3.63) is 0 Å². The van der Waals surface area contributed by atoms with Crippen molar-refractivity contribution in [3.63, 3.8) is 0 Å². The fourth-order valence-corrected chi connectivity index (χ4v) is 2.52. The topological polar surface area (TPSA) is 32.3 Å². The average Bonchev–Trinajstić information content (AvgIpc) is 2.98. The third-order valence-electron chi connectivity index (χ3n) is 3.60. The molecule has 1 saturated carbocycles. The SMILES string of the molecule is CCC1NC(CC(C)C)C(=O)N1CC1CC1. The number of carbonyl (C=O) groups is 1. The molecule has 2 fully saturated rings. The van der Waals surface area contributed by atoms with E-state index >= 15 is 0 Å². The molecule has 0 aromatic heterocycles. The predicted molar refractivity (Wildman–Crippen MR) is 64.9 cm³/mol. The molecule has 1 aliphatic heterocycles. The maximum Gasteiger partial charge on any atom is 0.241 e. The Balaban J connectivity index is 1.96. The van der Waals surface area contributed by atoms with E-state index in [1.165, 1.54) is 12.8 Å². The Morgan fingerprint density at radius 2 is 2.12 bits per heavy atom. The largest absolute Gasteiger partial charge is 0.326 e. The van der Waals surface area contributed by atoms with E-state index in [2.05, 4.69) is 31.0 Å². The molecule has 1 aliphatic carbocycles. The van der Waals surface area contributed by atoms with Gasteiger partial charge in [-0.15, -0.1) is 0 Å². The highest BCUT2D eigenvalue weighted by atomic mass is 16.2. The lowest BCUT2D eigenvalue weighted by Gasteiger charge is -2.22. The van der Waals surface area contributed by atoms with E-state index in [0.717, 1.165) is 25.3 Å². The van der Waals surface area contributed by atoms with Gasteiger partial charge in [0.05, 0.1) is 12.2 Å². The molecule has 3 nitrogen and oxygen atoms in total. The van der Waals surface area contributed by atoms with Gasteiger partial charge in [-0.25, -0.2) is 0 Å². The lowest BCUT2D eigenvalue weighted by molar-refractivity contribution is -0.130. The Labute approximate surface area is 98.6 Å². The first-order chi connectivity index (χ1) is 7.61. The molecule has 3 heteroatoms. The summed E-state index contributed by atoms with van der Waals surface area (Å²) < 4.78 is 0. The van der Waals surface area contributed by atoms with Crippen LogP contribution < -0.4 is 5.32 Å². The van der Waals surface area contributed by atoms with Crippen LogP contribution >= 0.6 is 0 Å². The highest BCUT2D eigenvalue weighted by molar-refractivity contribution is 5.84. The van der Waals surface area contributed by atoms with Gasteiger partial charge in [0, 0.05) is 6.54 Å². The van der Waals surface area contributed by atoms with E-state index in [-0.39, 0.29) is 12.2 Å². The summed E-state index contributed by atoms with van der Waals surface area (Å²) >= 11 is 0. The average molecular weight is 224 g/mol. The van der Waals surface area contributed by atoms with Gasteiger partial charge in [-0.1, -0.05) is 20.8 Å². The highest BCUT2D eigenvalue weighted by Crippen LogP contribution is 2.32. The molecule has 2 unspecified atom stereocenters. The normalized spacial score (nSPS) is 30.5. The van der Waals surface area contributed by atoms with Gasteiger partial charge < -0.3 is 4.90 Å². The molecule has 0 radical (unpaired) electrons. The fraction of sp³-hybridized carbons (Fsp3) is 0.923. The van der Waals surface area contributed by atoms with E-state index in [1.807, 2.05) is 0 Å². The van der Waals surface area contributed by atoms with Crippen molar-refractivity contribution < 1.29 is 4.79 Å². The van der Waals surface area contributed by atoms with E-state index in [1.54, 1.807) is 0 Å². The Kier molecular flexibility index (Phi) is 3.53. The standard InChI is InChI=1S/C13H24N2O/c1-4-12-14-11(7-9(2)3)13(16)15(12)8-10-5-6-10/h9-12,14H,4-8H2,1-3H3. The molecule has 0 bridgehead atoms. The lowest BCUT2D eigenvalue weighted by Crippen LogP contribution is -2.38. The summed E-state index contributed by atoms with van der Waals surface area (Å²) in [7, 11) is 0. The van der Waals surface area contributed by atoms with Crippen molar-refractivity contribution in [2.45, 2.75) is 58.7 Å². The molecule has 0 spiro atoms. The molecular formula is C13H24N2O. The molecule has 0 aromatic carbocycles. The molecule has 1 N–H and O–H groups in total. The van der Waals surface area contributed by atoms with Crippen molar-refractivity contribution in [3.8, 4) is 0 Å². The Hall–Kier alpha value is -0.570. The lowest BCUT2D eigenvalue weighted by atomic mass is 10.0. The Morgan fingerprint density at radius 3 is 2.62 bits per heavy atom. The summed E-state index contributed by atoms with van der Waals surface area (Å²) in [6.45, 7) is 7.50. The summed E-state index contributed by atoms with van der Waals surface area (Å²) in [6.07, 6.45) is 4.91. The zero-order valence-electron chi connectivity index (χ0n) is 10.7.